The van der Waals surface area contributed by atoms with E-state index in [2.05, 4.69) is 23.4 Å². The summed E-state index contributed by atoms with van der Waals surface area (Å²) < 4.78 is 0. The maximum absolute atomic E-state index is 9.92. The summed E-state index contributed by atoms with van der Waals surface area (Å²) in [6, 6.07) is 5.48. The largest absolute Gasteiger partial charge is 0.392 e. The number of aliphatic hydroxyl groups excluding tert-OH is 1. The van der Waals surface area contributed by atoms with Gasteiger partial charge in [0.15, 0.2) is 5.84 Å². The summed E-state index contributed by atoms with van der Waals surface area (Å²) in [6.45, 7) is 10.7. The average Bonchev–Trinajstić information content (AvgIpc) is 2.74. The van der Waals surface area contributed by atoms with Gasteiger partial charge in [-0.3, -0.25) is 0 Å². The van der Waals surface area contributed by atoms with Crippen molar-refractivity contribution in [2.24, 2.45) is 16.1 Å². The molecule has 1 aromatic rings. The number of rotatable bonds is 4. The Hall–Kier alpha value is -1.79. The highest BCUT2D eigenvalue weighted by Gasteiger charge is 2.33. The zero-order valence-corrected chi connectivity index (χ0v) is 18.5. The topological polar surface area (TPSA) is 65.1 Å². The van der Waals surface area contributed by atoms with Gasteiger partial charge in [0.1, 0.15) is 0 Å². The second kappa shape index (κ2) is 8.92. The van der Waals surface area contributed by atoms with Gasteiger partial charge in [-0.25, -0.2) is 4.99 Å². The van der Waals surface area contributed by atoms with Gasteiger partial charge in [0.2, 0.25) is 0 Å². The van der Waals surface area contributed by atoms with Crippen LogP contribution in [0.25, 0.3) is 5.70 Å². The molecule has 0 unspecified atom stereocenters. The molecule has 2 heterocycles. The van der Waals surface area contributed by atoms with E-state index in [1.54, 1.807) is 12.3 Å². The number of hydrogen-bond acceptors (Lipinski definition) is 5. The van der Waals surface area contributed by atoms with Gasteiger partial charge < -0.3 is 20.6 Å². The molecule has 0 bridgehead atoms. The van der Waals surface area contributed by atoms with Gasteiger partial charge in [-0.05, 0) is 43.4 Å². The monoisotopic (exact) mass is 434 g/mol. The first-order valence-corrected chi connectivity index (χ1v) is 10.5. The van der Waals surface area contributed by atoms with E-state index in [0.717, 1.165) is 48.6 Å². The molecular formula is C22H28Cl2N4O. The van der Waals surface area contributed by atoms with Crippen molar-refractivity contribution in [1.82, 2.24) is 9.80 Å². The molecule has 3 rings (SSSR count). The van der Waals surface area contributed by atoms with Crippen LogP contribution in [0.1, 0.15) is 32.3 Å². The standard InChI is InChI=1S/C22H28Cl2N4O/c1-15(13-29)20-21(27-10-7-22(3,14-25)8-11-27)26-9-12-28(20)16(2)17-5-4-6-18(23)19(17)24/h4-6,9,12,29H,2,7-8,10-11,13-14,25H2,1,3H3/b20-15+. The summed E-state index contributed by atoms with van der Waals surface area (Å²) in [4.78, 5) is 8.86. The zero-order chi connectivity index (χ0) is 21.2. The van der Waals surface area contributed by atoms with Gasteiger partial charge in [-0.1, -0.05) is 48.8 Å². The maximum Gasteiger partial charge on any atom is 0.152 e. The molecule has 1 fully saturated rings. The van der Waals surface area contributed by atoms with Gasteiger partial charge in [-0.15, -0.1) is 0 Å². The normalized spacial score (nSPS) is 20.6. The van der Waals surface area contributed by atoms with E-state index in [0.29, 0.717) is 22.3 Å². The summed E-state index contributed by atoms with van der Waals surface area (Å²) in [7, 11) is 0. The number of amidine groups is 1. The SMILES string of the molecule is C=C(c1cccc(Cl)c1Cl)N1C=CN=C(N2CCC(C)(CN)CC2)/C1=C(/C)CO. The average molecular weight is 435 g/mol. The van der Waals surface area contributed by atoms with Crippen molar-refractivity contribution < 1.29 is 5.11 Å². The summed E-state index contributed by atoms with van der Waals surface area (Å²) in [5, 5.41) is 10.8. The predicted molar refractivity (Wildman–Crippen MR) is 122 cm³/mol. The molecule has 2 aliphatic heterocycles. The van der Waals surface area contributed by atoms with E-state index < -0.39 is 0 Å². The first kappa shape index (κ1) is 21.9. The van der Waals surface area contributed by atoms with Crippen LogP contribution in [0.2, 0.25) is 10.0 Å². The molecule has 1 saturated heterocycles. The van der Waals surface area contributed by atoms with Crippen LogP contribution in [-0.4, -0.2) is 47.0 Å². The van der Waals surface area contributed by atoms with Crippen LogP contribution in [0.15, 0.2) is 53.4 Å². The number of benzene rings is 1. The molecular weight excluding hydrogens is 407 g/mol. The highest BCUT2D eigenvalue weighted by molar-refractivity contribution is 6.43. The summed E-state index contributed by atoms with van der Waals surface area (Å²) in [5.41, 5.74) is 9.17. The summed E-state index contributed by atoms with van der Waals surface area (Å²) in [6.07, 6.45) is 5.59. The molecule has 2 aliphatic rings. The lowest BCUT2D eigenvalue weighted by molar-refractivity contribution is 0.175. The van der Waals surface area contributed by atoms with Crippen molar-refractivity contribution in [2.75, 3.05) is 26.2 Å². The van der Waals surface area contributed by atoms with Crippen LogP contribution in [0, 0.1) is 5.41 Å². The number of nitrogens with two attached hydrogens (primary N) is 1. The van der Waals surface area contributed by atoms with E-state index in [9.17, 15) is 5.11 Å². The van der Waals surface area contributed by atoms with Gasteiger partial charge in [0.05, 0.1) is 22.3 Å². The molecule has 0 aromatic heterocycles. The molecule has 5 nitrogen and oxygen atoms in total. The van der Waals surface area contributed by atoms with Crippen LogP contribution in [0.5, 0.6) is 0 Å². The van der Waals surface area contributed by atoms with Crippen molar-refractivity contribution in [3.8, 4) is 0 Å². The summed E-state index contributed by atoms with van der Waals surface area (Å²) in [5.74, 6) is 0.831. The van der Waals surface area contributed by atoms with Crippen molar-refractivity contribution in [2.45, 2.75) is 26.7 Å². The first-order valence-electron chi connectivity index (χ1n) is 9.74. The van der Waals surface area contributed by atoms with Crippen LogP contribution < -0.4 is 5.73 Å². The molecule has 1 aromatic carbocycles. The quantitative estimate of drug-likeness (QED) is 0.732. The Kier molecular flexibility index (Phi) is 6.74. The van der Waals surface area contributed by atoms with Crippen molar-refractivity contribution in [3.63, 3.8) is 0 Å². The second-order valence-electron chi connectivity index (χ2n) is 7.96. The highest BCUT2D eigenvalue weighted by atomic mass is 35.5. The number of halogens is 2. The maximum atomic E-state index is 9.92. The van der Waals surface area contributed by atoms with Crippen LogP contribution in [0.3, 0.4) is 0 Å². The van der Waals surface area contributed by atoms with Gasteiger partial charge in [-0.2, -0.15) is 0 Å². The number of likely N-dealkylation sites (tertiary alicyclic amines) is 1. The molecule has 29 heavy (non-hydrogen) atoms. The highest BCUT2D eigenvalue weighted by Crippen LogP contribution is 2.36. The Balaban J connectivity index is 1.95. The summed E-state index contributed by atoms with van der Waals surface area (Å²) >= 11 is 12.6. The predicted octanol–water partition coefficient (Wildman–Crippen LogP) is 4.48. The van der Waals surface area contributed by atoms with E-state index in [-0.39, 0.29) is 12.0 Å². The fraction of sp³-hybridized carbons (Fsp3) is 0.409. The third kappa shape index (κ3) is 4.38. The Bertz CT molecular complexity index is 883. The Labute approximate surface area is 182 Å². The molecule has 7 heteroatoms. The molecule has 0 radical (unpaired) electrons. The molecule has 156 valence electrons. The van der Waals surface area contributed by atoms with Crippen molar-refractivity contribution in [3.05, 3.63) is 64.1 Å². The van der Waals surface area contributed by atoms with Crippen LogP contribution in [-0.2, 0) is 0 Å². The van der Waals surface area contributed by atoms with E-state index in [1.807, 2.05) is 30.2 Å². The number of aliphatic hydroxyl groups is 1. The second-order valence-corrected chi connectivity index (χ2v) is 8.74. The first-order chi connectivity index (χ1) is 13.8. The van der Waals surface area contributed by atoms with Crippen LogP contribution in [0.4, 0.5) is 0 Å². The molecule has 0 amide bonds. The Morgan fingerprint density at radius 1 is 1.31 bits per heavy atom. The van der Waals surface area contributed by atoms with Gasteiger partial charge in [0, 0.05) is 36.7 Å². The molecule has 0 spiro atoms. The minimum atomic E-state index is -0.0798. The molecule has 0 aliphatic carbocycles. The van der Waals surface area contributed by atoms with E-state index >= 15 is 0 Å². The van der Waals surface area contributed by atoms with Gasteiger partial charge >= 0.3 is 0 Å². The molecule has 3 N–H and O–H groups in total. The van der Waals surface area contributed by atoms with Crippen molar-refractivity contribution in [1.29, 1.82) is 0 Å². The number of nitrogens with zero attached hydrogens (tertiary/aromatic N) is 3. The fourth-order valence-corrected chi connectivity index (χ4v) is 4.07. The third-order valence-electron chi connectivity index (χ3n) is 5.82. The smallest absolute Gasteiger partial charge is 0.152 e. The Morgan fingerprint density at radius 3 is 2.62 bits per heavy atom. The van der Waals surface area contributed by atoms with Crippen LogP contribution >= 0.6 is 23.2 Å². The van der Waals surface area contributed by atoms with Crippen molar-refractivity contribution >= 4 is 34.7 Å². The zero-order valence-electron chi connectivity index (χ0n) is 17.0. The number of aliphatic imine (C=N–C) groups is 1. The fourth-order valence-electron chi connectivity index (χ4n) is 3.66. The van der Waals surface area contributed by atoms with Gasteiger partial charge in [0.25, 0.3) is 0 Å². The lowest BCUT2D eigenvalue weighted by Gasteiger charge is -2.42. The minimum Gasteiger partial charge on any atom is -0.392 e. The van der Waals surface area contributed by atoms with E-state index in [4.69, 9.17) is 28.9 Å². The lowest BCUT2D eigenvalue weighted by atomic mass is 9.80. The molecule has 0 atom stereocenters. The molecule has 0 saturated carbocycles. The number of piperidine rings is 1. The third-order valence-corrected chi connectivity index (χ3v) is 6.64. The number of hydrogen-bond donors (Lipinski definition) is 2. The van der Waals surface area contributed by atoms with E-state index in [1.165, 1.54) is 0 Å². The Morgan fingerprint density at radius 2 is 2.00 bits per heavy atom. The minimum absolute atomic E-state index is 0.0798. The lowest BCUT2D eigenvalue weighted by Crippen LogP contribution is -2.47.